The summed E-state index contributed by atoms with van der Waals surface area (Å²) >= 11 is 5.90. The summed E-state index contributed by atoms with van der Waals surface area (Å²) < 4.78 is 4.98. The molecule has 1 aliphatic carbocycles. The summed E-state index contributed by atoms with van der Waals surface area (Å²) in [7, 11) is 0. The number of carbonyl (C=O) groups is 2. The van der Waals surface area contributed by atoms with E-state index in [1.165, 1.54) is 18.4 Å². The molecule has 0 spiro atoms. The van der Waals surface area contributed by atoms with Crippen LogP contribution >= 0.6 is 11.6 Å². The number of amides is 1. The first-order chi connectivity index (χ1) is 12.1. The van der Waals surface area contributed by atoms with Crippen LogP contribution in [0.1, 0.15) is 55.8 Å². The number of nitrogens with zero attached hydrogens (tertiary/aromatic N) is 1. The van der Waals surface area contributed by atoms with Gasteiger partial charge in [-0.1, -0.05) is 23.3 Å². The molecule has 1 aromatic carbocycles. The van der Waals surface area contributed by atoms with E-state index < -0.39 is 0 Å². The van der Waals surface area contributed by atoms with Crippen LogP contribution in [0.25, 0.3) is 0 Å². The zero-order chi connectivity index (χ0) is 18.1. The van der Waals surface area contributed by atoms with Gasteiger partial charge in [0, 0.05) is 23.7 Å². The van der Waals surface area contributed by atoms with Crippen LogP contribution in [0.3, 0.4) is 0 Å². The molecule has 1 aromatic rings. The Bertz CT molecular complexity index is 610. The first kappa shape index (κ1) is 19.5. The van der Waals surface area contributed by atoms with E-state index >= 15 is 0 Å². The molecule has 2 rings (SSSR count). The van der Waals surface area contributed by atoms with E-state index in [9.17, 15) is 9.59 Å². The van der Waals surface area contributed by atoms with Crippen LogP contribution < -0.4 is 0 Å². The molecule has 25 heavy (non-hydrogen) atoms. The molecule has 0 bridgehead atoms. The lowest BCUT2D eigenvalue weighted by molar-refractivity contribution is -0.143. The van der Waals surface area contributed by atoms with Crippen molar-refractivity contribution in [2.24, 2.45) is 0 Å². The maximum absolute atomic E-state index is 12.8. The SMILES string of the molecule is CCOC(=O)CCN(CCC1=CCCCC1)C(=O)c1ccc(Cl)cc1. The molecule has 0 atom stereocenters. The van der Waals surface area contributed by atoms with Crippen molar-refractivity contribution < 1.29 is 14.3 Å². The van der Waals surface area contributed by atoms with Gasteiger partial charge in [0.2, 0.25) is 0 Å². The van der Waals surface area contributed by atoms with Crippen molar-refractivity contribution in [1.82, 2.24) is 4.90 Å². The van der Waals surface area contributed by atoms with Crippen LogP contribution in [0.5, 0.6) is 0 Å². The van der Waals surface area contributed by atoms with E-state index in [0.29, 0.717) is 30.3 Å². The minimum Gasteiger partial charge on any atom is -0.466 e. The highest BCUT2D eigenvalue weighted by Crippen LogP contribution is 2.21. The van der Waals surface area contributed by atoms with Gasteiger partial charge < -0.3 is 9.64 Å². The molecule has 0 heterocycles. The minimum absolute atomic E-state index is 0.0719. The third-order valence-corrected chi connectivity index (χ3v) is 4.61. The molecule has 0 N–H and O–H groups in total. The molecule has 1 aliphatic rings. The predicted molar refractivity (Wildman–Crippen MR) is 99.8 cm³/mol. The molecule has 5 heteroatoms. The van der Waals surface area contributed by atoms with E-state index in [1.807, 2.05) is 0 Å². The number of allylic oxidation sites excluding steroid dienone is 1. The van der Waals surface area contributed by atoms with Crippen LogP contribution in [0, 0.1) is 0 Å². The number of hydrogen-bond donors (Lipinski definition) is 0. The Morgan fingerprint density at radius 3 is 2.56 bits per heavy atom. The van der Waals surface area contributed by atoms with Gasteiger partial charge in [-0.15, -0.1) is 0 Å². The Labute approximate surface area is 154 Å². The van der Waals surface area contributed by atoms with Gasteiger partial charge in [0.05, 0.1) is 13.0 Å². The average molecular weight is 364 g/mol. The Morgan fingerprint density at radius 2 is 1.92 bits per heavy atom. The Hall–Kier alpha value is -1.81. The van der Waals surface area contributed by atoms with E-state index in [4.69, 9.17) is 16.3 Å². The highest BCUT2D eigenvalue weighted by molar-refractivity contribution is 6.30. The maximum atomic E-state index is 12.8. The van der Waals surface area contributed by atoms with Gasteiger partial charge in [-0.05, 0) is 63.3 Å². The van der Waals surface area contributed by atoms with Crippen molar-refractivity contribution in [3.05, 3.63) is 46.5 Å². The van der Waals surface area contributed by atoms with E-state index in [1.54, 1.807) is 36.1 Å². The Morgan fingerprint density at radius 1 is 1.16 bits per heavy atom. The summed E-state index contributed by atoms with van der Waals surface area (Å²) in [5.41, 5.74) is 2.00. The van der Waals surface area contributed by atoms with Crippen molar-refractivity contribution in [1.29, 1.82) is 0 Å². The van der Waals surface area contributed by atoms with Crippen molar-refractivity contribution in [2.75, 3.05) is 19.7 Å². The van der Waals surface area contributed by atoms with Crippen LogP contribution in [0.4, 0.5) is 0 Å². The lowest BCUT2D eigenvalue weighted by Crippen LogP contribution is -2.34. The molecular formula is C20H26ClNO3. The summed E-state index contributed by atoms with van der Waals surface area (Å²) in [6, 6.07) is 6.87. The highest BCUT2D eigenvalue weighted by Gasteiger charge is 2.18. The highest BCUT2D eigenvalue weighted by atomic mass is 35.5. The monoisotopic (exact) mass is 363 g/mol. The largest absolute Gasteiger partial charge is 0.466 e. The van der Waals surface area contributed by atoms with Gasteiger partial charge in [0.25, 0.3) is 5.91 Å². The molecule has 0 saturated carbocycles. The molecular weight excluding hydrogens is 338 g/mol. The summed E-state index contributed by atoms with van der Waals surface area (Å²) in [5.74, 6) is -0.342. The second-order valence-electron chi connectivity index (χ2n) is 6.21. The standard InChI is InChI=1S/C20H26ClNO3/c1-2-25-19(23)13-15-22(14-12-16-6-4-3-5-7-16)20(24)17-8-10-18(21)11-9-17/h6,8-11H,2-5,7,12-15H2,1H3. The smallest absolute Gasteiger partial charge is 0.307 e. The van der Waals surface area contributed by atoms with Gasteiger partial charge in [-0.25, -0.2) is 0 Å². The summed E-state index contributed by atoms with van der Waals surface area (Å²) in [5, 5.41) is 0.599. The van der Waals surface area contributed by atoms with E-state index in [2.05, 4.69) is 6.08 Å². The molecule has 0 radical (unpaired) electrons. The van der Waals surface area contributed by atoms with Crippen molar-refractivity contribution >= 4 is 23.5 Å². The second kappa shape index (κ2) is 10.2. The number of benzene rings is 1. The van der Waals surface area contributed by atoms with Crippen LogP contribution in [-0.4, -0.2) is 36.5 Å². The summed E-state index contributed by atoms with van der Waals surface area (Å²) in [6.45, 7) is 3.13. The van der Waals surface area contributed by atoms with Crippen LogP contribution in [-0.2, 0) is 9.53 Å². The summed E-state index contributed by atoms with van der Waals surface area (Å²) in [4.78, 5) is 26.2. The van der Waals surface area contributed by atoms with Gasteiger partial charge in [0.15, 0.2) is 0 Å². The van der Waals surface area contributed by atoms with Crippen molar-refractivity contribution in [3.63, 3.8) is 0 Å². The number of halogens is 1. The number of hydrogen-bond acceptors (Lipinski definition) is 3. The zero-order valence-electron chi connectivity index (χ0n) is 14.8. The zero-order valence-corrected chi connectivity index (χ0v) is 15.6. The van der Waals surface area contributed by atoms with Crippen molar-refractivity contribution in [2.45, 2.75) is 45.4 Å². The molecule has 0 aliphatic heterocycles. The fourth-order valence-corrected chi connectivity index (χ4v) is 3.09. The molecule has 1 amide bonds. The first-order valence-corrected chi connectivity index (χ1v) is 9.36. The van der Waals surface area contributed by atoms with Gasteiger partial charge in [-0.3, -0.25) is 9.59 Å². The number of ether oxygens (including phenoxy) is 1. The van der Waals surface area contributed by atoms with Gasteiger partial charge in [0.1, 0.15) is 0 Å². The number of esters is 1. The van der Waals surface area contributed by atoms with Gasteiger partial charge >= 0.3 is 5.97 Å². The van der Waals surface area contributed by atoms with E-state index in [-0.39, 0.29) is 18.3 Å². The van der Waals surface area contributed by atoms with Gasteiger partial charge in [-0.2, -0.15) is 0 Å². The van der Waals surface area contributed by atoms with Crippen LogP contribution in [0.15, 0.2) is 35.9 Å². The quantitative estimate of drug-likeness (QED) is 0.500. The number of carbonyl (C=O) groups excluding carboxylic acids is 2. The Kier molecular flexibility index (Phi) is 7.99. The first-order valence-electron chi connectivity index (χ1n) is 8.98. The second-order valence-corrected chi connectivity index (χ2v) is 6.65. The molecule has 0 fully saturated rings. The fourth-order valence-electron chi connectivity index (χ4n) is 2.96. The Balaban J connectivity index is 2.01. The molecule has 0 unspecified atom stereocenters. The topological polar surface area (TPSA) is 46.6 Å². The number of rotatable bonds is 8. The van der Waals surface area contributed by atoms with Crippen LogP contribution in [0.2, 0.25) is 5.02 Å². The van der Waals surface area contributed by atoms with E-state index in [0.717, 1.165) is 19.3 Å². The molecule has 0 aromatic heterocycles. The lowest BCUT2D eigenvalue weighted by atomic mass is 9.97. The average Bonchev–Trinajstić information content (AvgIpc) is 2.63. The maximum Gasteiger partial charge on any atom is 0.307 e. The van der Waals surface area contributed by atoms with Crippen molar-refractivity contribution in [3.8, 4) is 0 Å². The lowest BCUT2D eigenvalue weighted by Gasteiger charge is -2.24. The minimum atomic E-state index is -0.270. The summed E-state index contributed by atoms with van der Waals surface area (Å²) in [6.07, 6.45) is 8.08. The predicted octanol–water partition coefficient (Wildman–Crippen LogP) is 4.63. The molecule has 4 nitrogen and oxygen atoms in total. The fraction of sp³-hybridized carbons (Fsp3) is 0.500. The third-order valence-electron chi connectivity index (χ3n) is 4.36. The third kappa shape index (κ3) is 6.54. The normalized spacial score (nSPS) is 13.9. The molecule has 136 valence electrons. The molecule has 0 saturated heterocycles.